The number of ether oxygens (including phenoxy) is 12. The van der Waals surface area contributed by atoms with E-state index in [1.807, 2.05) is 0 Å². The van der Waals surface area contributed by atoms with Crippen LogP contribution in [0.15, 0.2) is 42.5 Å². The average Bonchev–Trinajstić information content (AvgIpc) is 1.63. The number of benzene rings is 5. The van der Waals surface area contributed by atoms with E-state index in [1.54, 1.807) is 0 Å². The van der Waals surface area contributed by atoms with Crippen LogP contribution < -0.4 is 72.5 Å². The Bertz CT molecular complexity index is 5440. The molecule has 0 atom stereocenters. The van der Waals surface area contributed by atoms with Gasteiger partial charge in [-0.25, -0.2) is 9.97 Å². The molecule has 2 N–H and O–H groups in total. The normalized spacial score (nSPS) is 13.3. The zero-order valence-electron chi connectivity index (χ0n) is 57.7. The van der Waals surface area contributed by atoms with Gasteiger partial charge in [0, 0.05) is 50.2 Å². The fraction of sp³-hybridized carbons (Fsp3) is 0.375. The smallest absolute Gasteiger partial charge is 0.422 e. The molecular formula is C64H33F36N9O12-2. The highest BCUT2D eigenvalue weighted by atomic mass is 19.5. The van der Waals surface area contributed by atoms with Gasteiger partial charge in [0.2, 0.25) is 34.5 Å². The summed E-state index contributed by atoms with van der Waals surface area (Å²) in [6.45, 7) is -37.2. The Labute approximate surface area is 642 Å². The van der Waals surface area contributed by atoms with Gasteiger partial charge in [0.1, 0.15) is 0 Å². The van der Waals surface area contributed by atoms with E-state index in [4.69, 9.17) is 34.2 Å². The zero-order valence-corrected chi connectivity index (χ0v) is 57.7. The first-order valence-electron chi connectivity index (χ1n) is 31.6. The number of nitrogens with zero attached hydrogens (tertiary/aromatic N) is 8. The van der Waals surface area contributed by atoms with Crippen molar-refractivity contribution in [3.05, 3.63) is 53.6 Å². The second kappa shape index (κ2) is 32.8. The number of nitrogens with two attached hydrogens (primary N) is 1. The van der Waals surface area contributed by atoms with Gasteiger partial charge in [-0.3, -0.25) is 0 Å². The van der Waals surface area contributed by atoms with Gasteiger partial charge in [0.05, 0.1) is 45.6 Å². The minimum Gasteiger partial charge on any atom is -0.479 e. The molecule has 57 heteroatoms. The van der Waals surface area contributed by atoms with Gasteiger partial charge < -0.3 is 92.5 Å². The van der Waals surface area contributed by atoms with Gasteiger partial charge in [0.15, 0.2) is 114 Å². The Hall–Kier alpha value is -12.1. The van der Waals surface area contributed by atoms with Gasteiger partial charge in [-0.05, 0) is 47.2 Å². The van der Waals surface area contributed by atoms with Crippen LogP contribution in [0.2, 0.25) is 0 Å². The summed E-state index contributed by atoms with van der Waals surface area (Å²) in [4.78, 5) is 30.6. The molecule has 0 spiro atoms. The van der Waals surface area contributed by atoms with Gasteiger partial charge in [-0.1, -0.05) is 17.9 Å². The monoisotopic (exact) mass is 1800 g/mol. The standard InChI is InChI=1S/C64H33F36N9O12/c65-53(66,67)10-110-33-27-29(35(112-12-55(71,72)73)41(118-18-61(89,90)91)39(33)116-16-59(83,84)85)49-105-47(27)103-45-25-8-5-23(2-1-22-3-6-24(101)7-4-22)9-26(25)46(102-45)104-48-28-30(36(113-13-56(74,75)76)42(119-19-62(92,93)94)40(117-17-60(86,87)88)34(28)111-11-54(68,69)70)50(106-48)108-52-32-31(51(107-49)109-52)37(114-14-57(77,78)79)43(120-20-63(95,96)97)44(121-21-64(98,99)100)38(32)115-15-58(80,81)82/h3-9H,10-21,101H2/q-2. The van der Waals surface area contributed by atoms with Crippen LogP contribution >= 0.6 is 0 Å². The maximum atomic E-state index is 14.8. The van der Waals surface area contributed by atoms with Crippen LogP contribution in [0, 0.1) is 11.8 Å². The van der Waals surface area contributed by atoms with E-state index >= 15 is 0 Å². The lowest BCUT2D eigenvalue weighted by molar-refractivity contribution is -0.162. The third kappa shape index (κ3) is 24.1. The molecule has 5 aromatic carbocycles. The summed E-state index contributed by atoms with van der Waals surface area (Å²) in [7, 11) is 0. The Morgan fingerprint density at radius 3 is 0.686 bits per heavy atom. The number of anilines is 1. The predicted molar refractivity (Wildman–Crippen MR) is 329 cm³/mol. The lowest BCUT2D eigenvalue weighted by Crippen LogP contribution is -2.25. The topological polar surface area (TPSA) is 242 Å². The minimum atomic E-state index is -6.10. The third-order valence-electron chi connectivity index (χ3n) is 14.3. The molecule has 5 heterocycles. The highest BCUT2D eigenvalue weighted by Crippen LogP contribution is 2.62. The van der Waals surface area contributed by atoms with E-state index in [-0.39, 0.29) is 11.3 Å². The Morgan fingerprint density at radius 2 is 0.430 bits per heavy atom. The number of alkyl halides is 36. The van der Waals surface area contributed by atoms with Crippen molar-refractivity contribution in [3.63, 3.8) is 0 Å². The molecule has 8 aromatic rings. The summed E-state index contributed by atoms with van der Waals surface area (Å²) in [6, 6.07) is 7.46. The van der Waals surface area contributed by atoms with Gasteiger partial charge >= 0.3 is 74.1 Å². The lowest BCUT2D eigenvalue weighted by atomic mass is 10.0. The van der Waals surface area contributed by atoms with Crippen molar-refractivity contribution in [2.24, 2.45) is 0 Å². The molecule has 0 radical (unpaired) electrons. The highest BCUT2D eigenvalue weighted by Gasteiger charge is 2.47. The molecule has 10 rings (SSSR count). The van der Waals surface area contributed by atoms with Crippen LogP contribution in [0.4, 0.5) is 164 Å². The number of rotatable bonds is 24. The predicted octanol–water partition coefficient (Wildman–Crippen LogP) is 18.4. The van der Waals surface area contributed by atoms with Crippen molar-refractivity contribution in [1.82, 2.24) is 39.9 Å². The van der Waals surface area contributed by atoms with Crippen molar-refractivity contribution < 1.29 is 215 Å². The van der Waals surface area contributed by atoms with Crippen LogP contribution in [0.5, 0.6) is 69.0 Å². The van der Waals surface area contributed by atoms with E-state index < -0.39 is 318 Å². The maximum absolute atomic E-state index is 14.8. The van der Waals surface area contributed by atoms with Crippen LogP contribution in [-0.2, 0) is 0 Å². The fourth-order valence-corrected chi connectivity index (χ4v) is 10.3. The van der Waals surface area contributed by atoms with E-state index in [0.29, 0.717) is 0 Å². The molecule has 0 amide bonds. The van der Waals surface area contributed by atoms with Crippen molar-refractivity contribution in [1.29, 1.82) is 0 Å². The summed E-state index contributed by atoms with van der Waals surface area (Å²) in [5, 5.41) is -6.21. The Morgan fingerprint density at radius 1 is 0.231 bits per heavy atom. The van der Waals surface area contributed by atoms with Crippen molar-refractivity contribution in [3.8, 4) is 126 Å². The van der Waals surface area contributed by atoms with E-state index in [2.05, 4.69) is 80.1 Å². The van der Waals surface area contributed by atoms with Crippen LogP contribution in [0.3, 0.4) is 0 Å². The van der Waals surface area contributed by atoms with E-state index in [9.17, 15) is 158 Å². The maximum Gasteiger partial charge on any atom is 0.422 e. The molecule has 0 fully saturated rings. The number of nitrogen functional groups attached to an aromatic ring is 1. The first-order chi connectivity index (χ1) is 55.3. The highest BCUT2D eigenvalue weighted by molar-refractivity contribution is 6.15. The molecule has 21 nitrogen and oxygen atoms in total. The molecule has 8 bridgehead atoms. The molecule has 0 unspecified atom stereocenters. The van der Waals surface area contributed by atoms with Crippen LogP contribution in [-0.4, -0.2) is 183 Å². The molecule has 0 saturated heterocycles. The number of hydrogen-bond donors (Lipinski definition) is 1. The molecule has 121 heavy (non-hydrogen) atoms. The van der Waals surface area contributed by atoms with Crippen LogP contribution in [0.25, 0.3) is 89.7 Å². The number of hydrogen-bond acceptors (Lipinski definition) is 19. The molecule has 3 aromatic heterocycles. The molecule has 660 valence electrons. The molecule has 0 saturated carbocycles. The van der Waals surface area contributed by atoms with E-state index in [1.165, 1.54) is 24.3 Å². The summed E-state index contributed by atoms with van der Waals surface area (Å²) in [5.41, 5.74) is -9.83. The molecule has 0 aliphatic carbocycles. The molecular weight excluding hydrogens is 1770 g/mol. The van der Waals surface area contributed by atoms with Crippen molar-refractivity contribution in [2.45, 2.75) is 74.1 Å². The SMILES string of the molecule is Nc1ccc(C#Cc2ccc3c4nc5nc(nc6[n-]c(nc7nc(nc([n-]4)c3c2)-c2c(OCC(F)(F)F)c(OCC(F)(F)F)c(OCC(F)(F)F)c(OCC(F)(F)F)c2-7)c2c(OCC(F)(F)F)c(OCC(F)(F)F)c(OCC(F)(F)F)c(OCC(F)(F)F)c62)-c2c(OCC(F)(F)F)c(OCC(F)(F)F)c(OCC(F)(F)F)c(OCC(F)(F)F)c2-5)cc1. The summed E-state index contributed by atoms with van der Waals surface area (Å²) in [6.07, 6.45) is -72.1. The first-order valence-corrected chi connectivity index (χ1v) is 31.6. The van der Waals surface area contributed by atoms with Crippen molar-refractivity contribution in [2.75, 3.05) is 85.0 Å². The van der Waals surface area contributed by atoms with Gasteiger partial charge in [0.25, 0.3) is 0 Å². The number of aromatic nitrogens is 8. The molecule has 2 aliphatic rings. The summed E-state index contributed by atoms with van der Waals surface area (Å²) < 4.78 is 581. The number of fused-ring (bicyclic) bond motifs is 20. The second-order valence-electron chi connectivity index (χ2n) is 24.2. The molecule has 2 aliphatic heterocycles. The summed E-state index contributed by atoms with van der Waals surface area (Å²) >= 11 is 0. The van der Waals surface area contributed by atoms with Crippen molar-refractivity contribution >= 4 is 49.8 Å². The number of halogens is 36. The zero-order chi connectivity index (χ0) is 89.9. The van der Waals surface area contributed by atoms with Gasteiger partial charge in [-0.2, -0.15) is 158 Å². The average molecular weight is 1800 g/mol. The largest absolute Gasteiger partial charge is 0.479 e. The van der Waals surface area contributed by atoms with E-state index in [0.717, 1.165) is 18.2 Å². The Kier molecular flexibility index (Phi) is 24.7. The first kappa shape index (κ1) is 91.2. The summed E-state index contributed by atoms with van der Waals surface area (Å²) in [5.74, 6) is -32.3. The second-order valence-corrected chi connectivity index (χ2v) is 24.2. The van der Waals surface area contributed by atoms with Gasteiger partial charge in [-0.15, -0.1) is 0 Å². The minimum absolute atomic E-state index is 0.0557. The van der Waals surface area contributed by atoms with Crippen LogP contribution in [0.1, 0.15) is 11.1 Å². The fourth-order valence-electron chi connectivity index (χ4n) is 10.3. The Balaban J connectivity index is 1.63. The quantitative estimate of drug-likeness (QED) is 0.0336. The third-order valence-corrected chi connectivity index (χ3v) is 14.3. The lowest BCUT2D eigenvalue weighted by Gasteiger charge is -2.25.